The molecule has 1 aromatic carbocycles. The van der Waals surface area contributed by atoms with E-state index >= 15 is 0 Å². The summed E-state index contributed by atoms with van der Waals surface area (Å²) in [6, 6.07) is 9.08. The minimum absolute atomic E-state index is 0.132. The van der Waals surface area contributed by atoms with Gasteiger partial charge >= 0.3 is 23.9 Å². The fourth-order valence-corrected chi connectivity index (χ4v) is 4.67. The highest BCUT2D eigenvalue weighted by atomic mass is 32.2. The lowest BCUT2D eigenvalue weighted by atomic mass is 9.99. The topological polar surface area (TPSA) is 156 Å². The van der Waals surface area contributed by atoms with Crippen LogP contribution in [0.5, 0.6) is 0 Å². The van der Waals surface area contributed by atoms with Crippen LogP contribution < -0.4 is 5.32 Å². The number of amides is 1. The van der Waals surface area contributed by atoms with Crippen LogP contribution >= 0.6 is 11.8 Å². The van der Waals surface area contributed by atoms with E-state index in [0.29, 0.717) is 0 Å². The number of rotatable bonds is 7. The van der Waals surface area contributed by atoms with E-state index in [2.05, 4.69) is 10.3 Å². The van der Waals surface area contributed by atoms with Crippen LogP contribution in [-0.4, -0.2) is 71.4 Å². The van der Waals surface area contributed by atoms with Crippen LogP contribution in [0.1, 0.15) is 33.3 Å². The van der Waals surface area contributed by atoms with Crippen molar-refractivity contribution < 1.29 is 47.7 Å². The van der Waals surface area contributed by atoms with Crippen molar-refractivity contribution in [2.45, 2.75) is 57.5 Å². The number of hydrogen-bond acceptors (Lipinski definition) is 12. The van der Waals surface area contributed by atoms with E-state index in [1.807, 2.05) is 18.2 Å². The molecule has 198 valence electrons. The normalized spacial score (nSPS) is 26.1. The molecule has 3 rings (SSSR count). The van der Waals surface area contributed by atoms with Crippen molar-refractivity contribution >= 4 is 52.8 Å². The molecule has 1 aromatic rings. The lowest BCUT2D eigenvalue weighted by Crippen LogP contribution is -2.61. The zero-order valence-electron chi connectivity index (χ0n) is 20.5. The fraction of sp³-hybridized carbons (Fsp3) is 0.417. The molecule has 2 heterocycles. The highest BCUT2D eigenvalue weighted by molar-refractivity contribution is 8.14. The zero-order chi connectivity index (χ0) is 27.1. The number of nitrogens with one attached hydrogen (secondary N) is 1. The summed E-state index contributed by atoms with van der Waals surface area (Å²) in [7, 11) is 0. The molecule has 5 atom stereocenters. The van der Waals surface area contributed by atoms with E-state index in [9.17, 15) is 24.0 Å². The summed E-state index contributed by atoms with van der Waals surface area (Å²) in [4.78, 5) is 64.0. The van der Waals surface area contributed by atoms with Gasteiger partial charge in [0.2, 0.25) is 0 Å². The summed E-state index contributed by atoms with van der Waals surface area (Å²) < 4.78 is 27.2. The number of benzene rings is 1. The second-order valence-corrected chi connectivity index (χ2v) is 9.08. The van der Waals surface area contributed by atoms with Crippen LogP contribution in [-0.2, 0) is 47.7 Å². The molecule has 5 unspecified atom stereocenters. The molecule has 0 saturated carbocycles. The second kappa shape index (κ2) is 12.5. The van der Waals surface area contributed by atoms with Crippen LogP contribution in [0.15, 0.2) is 41.0 Å². The van der Waals surface area contributed by atoms with Crippen molar-refractivity contribution in [1.82, 2.24) is 5.32 Å². The highest BCUT2D eigenvalue weighted by Gasteiger charge is 2.53. The maximum Gasteiger partial charge on any atom is 0.303 e. The molecule has 1 amide bonds. The monoisotopic (exact) mass is 534 g/mol. The van der Waals surface area contributed by atoms with Gasteiger partial charge in [0.25, 0.3) is 5.91 Å². The van der Waals surface area contributed by atoms with Gasteiger partial charge in [-0.1, -0.05) is 42.1 Å². The van der Waals surface area contributed by atoms with Crippen LogP contribution in [0.2, 0.25) is 0 Å². The maximum atomic E-state index is 12.5. The Morgan fingerprint density at radius 3 is 2.11 bits per heavy atom. The highest BCUT2D eigenvalue weighted by Crippen LogP contribution is 2.35. The van der Waals surface area contributed by atoms with Crippen molar-refractivity contribution in [3.05, 3.63) is 41.6 Å². The van der Waals surface area contributed by atoms with Crippen molar-refractivity contribution in [2.24, 2.45) is 4.99 Å². The summed E-state index contributed by atoms with van der Waals surface area (Å²) in [5.74, 6) is -3.27. The van der Waals surface area contributed by atoms with Crippen LogP contribution in [0.25, 0.3) is 6.08 Å². The van der Waals surface area contributed by atoms with E-state index in [-0.39, 0.29) is 17.5 Å². The second-order valence-electron chi connectivity index (χ2n) is 8.00. The van der Waals surface area contributed by atoms with Gasteiger partial charge in [0, 0.05) is 27.7 Å². The summed E-state index contributed by atoms with van der Waals surface area (Å²) in [5, 5.41) is 2.75. The van der Waals surface area contributed by atoms with E-state index in [1.165, 1.54) is 6.92 Å². The molecule has 1 fully saturated rings. The molecule has 0 radical (unpaired) electrons. The predicted molar refractivity (Wildman–Crippen MR) is 130 cm³/mol. The molecule has 0 aromatic heterocycles. The number of aliphatic imine (C=N–C) groups is 1. The van der Waals surface area contributed by atoms with Gasteiger partial charge < -0.3 is 23.7 Å². The number of carbonyl (C=O) groups excluding carboxylic acids is 5. The average Bonchev–Trinajstić information content (AvgIpc) is 3.14. The molecule has 0 bridgehead atoms. The largest absolute Gasteiger partial charge is 0.463 e. The quantitative estimate of drug-likeness (QED) is 0.306. The van der Waals surface area contributed by atoms with Gasteiger partial charge in [-0.15, -0.1) is 0 Å². The Hall–Kier alpha value is -3.71. The molecular weight excluding hydrogens is 508 g/mol. The van der Waals surface area contributed by atoms with E-state index in [0.717, 1.165) is 38.1 Å². The van der Waals surface area contributed by atoms with Gasteiger partial charge in [-0.25, -0.2) is 4.99 Å². The number of ether oxygens (including phenoxy) is 5. The Labute approximate surface area is 216 Å². The molecule has 12 nitrogen and oxygen atoms in total. The van der Waals surface area contributed by atoms with E-state index in [4.69, 9.17) is 23.7 Å². The lowest BCUT2D eigenvalue weighted by molar-refractivity contribution is -0.237. The Morgan fingerprint density at radius 1 is 0.919 bits per heavy atom. The zero-order valence-corrected chi connectivity index (χ0v) is 21.3. The lowest BCUT2D eigenvalue weighted by Gasteiger charge is -2.44. The molecule has 2 aliphatic heterocycles. The number of hydrogen-bond donors (Lipinski definition) is 1. The Bertz CT molecular complexity index is 1120. The van der Waals surface area contributed by atoms with Gasteiger partial charge in [0.15, 0.2) is 28.9 Å². The molecule has 13 heteroatoms. The SMILES string of the molecule is CC(=O)OCC1OC(SC2=NC(=Cc3ccccc3)C(=O)N2)C(OC(C)=O)C(OC(C)=O)C1OC(C)=O. The first kappa shape index (κ1) is 27.9. The van der Waals surface area contributed by atoms with Crippen molar-refractivity contribution in [2.75, 3.05) is 6.61 Å². The smallest absolute Gasteiger partial charge is 0.303 e. The number of amidine groups is 1. The summed E-state index contributed by atoms with van der Waals surface area (Å²) in [6.45, 7) is 4.25. The van der Waals surface area contributed by atoms with Gasteiger partial charge in [-0.2, -0.15) is 0 Å². The summed E-state index contributed by atoms with van der Waals surface area (Å²) in [6.07, 6.45) is -3.36. The number of nitrogens with zero attached hydrogens (tertiary/aromatic N) is 1. The Balaban J connectivity index is 1.94. The van der Waals surface area contributed by atoms with Crippen molar-refractivity contribution in [1.29, 1.82) is 0 Å². The first-order chi connectivity index (χ1) is 17.5. The maximum absolute atomic E-state index is 12.5. The van der Waals surface area contributed by atoms with E-state index < -0.39 is 59.6 Å². The number of carbonyl (C=O) groups is 5. The molecule has 0 spiro atoms. The summed E-state index contributed by atoms with van der Waals surface area (Å²) in [5.41, 5.74) is -0.204. The standard InChI is InChI=1S/C24H26N2O10S/c1-12(27)32-11-18-19(33-13(2)28)20(34-14(3)29)21(35-15(4)30)23(36-18)37-24-25-17(22(31)26-24)10-16-8-6-5-7-9-16/h5-10,18-21,23H,11H2,1-4H3,(H,25,26,31). The first-order valence-electron chi connectivity index (χ1n) is 11.2. The minimum atomic E-state index is -1.31. The third kappa shape index (κ3) is 7.89. The predicted octanol–water partition coefficient (Wildman–Crippen LogP) is 1.33. The molecule has 1 N–H and O–H groups in total. The molecule has 2 aliphatic rings. The number of thioether (sulfide) groups is 1. The molecule has 1 saturated heterocycles. The average molecular weight is 535 g/mol. The van der Waals surface area contributed by atoms with Crippen molar-refractivity contribution in [3.8, 4) is 0 Å². The van der Waals surface area contributed by atoms with Gasteiger partial charge in [0.05, 0.1) is 0 Å². The van der Waals surface area contributed by atoms with Gasteiger partial charge in [0.1, 0.15) is 18.4 Å². The molecule has 0 aliphatic carbocycles. The van der Waals surface area contributed by atoms with Crippen LogP contribution in [0.3, 0.4) is 0 Å². The number of esters is 4. The van der Waals surface area contributed by atoms with E-state index in [1.54, 1.807) is 18.2 Å². The van der Waals surface area contributed by atoms with Gasteiger partial charge in [-0.3, -0.25) is 29.3 Å². The Kier molecular flexibility index (Phi) is 9.42. The summed E-state index contributed by atoms with van der Waals surface area (Å²) >= 11 is 0.892. The fourth-order valence-electron chi connectivity index (χ4n) is 3.60. The minimum Gasteiger partial charge on any atom is -0.463 e. The van der Waals surface area contributed by atoms with Crippen LogP contribution in [0, 0.1) is 0 Å². The first-order valence-corrected chi connectivity index (χ1v) is 12.1. The van der Waals surface area contributed by atoms with Crippen molar-refractivity contribution in [3.63, 3.8) is 0 Å². The third-order valence-electron chi connectivity index (χ3n) is 4.95. The Morgan fingerprint density at radius 2 is 1.51 bits per heavy atom. The molecular formula is C24H26N2O10S. The van der Waals surface area contributed by atoms with Gasteiger partial charge in [-0.05, 0) is 11.6 Å². The third-order valence-corrected chi connectivity index (χ3v) is 5.98. The molecule has 37 heavy (non-hydrogen) atoms. The van der Waals surface area contributed by atoms with Crippen LogP contribution in [0.4, 0.5) is 0 Å².